The summed E-state index contributed by atoms with van der Waals surface area (Å²) in [6.07, 6.45) is 8.05. The fourth-order valence-electron chi connectivity index (χ4n) is 2.81. The van der Waals surface area contributed by atoms with Crippen molar-refractivity contribution in [2.75, 3.05) is 7.11 Å². The number of carbonyl (C=O) groups excluding carboxylic acids is 2. The van der Waals surface area contributed by atoms with Crippen LogP contribution in [0, 0.1) is 0 Å². The van der Waals surface area contributed by atoms with E-state index in [4.69, 9.17) is 4.74 Å². The molecule has 4 heteroatoms. The van der Waals surface area contributed by atoms with Crippen molar-refractivity contribution < 1.29 is 14.3 Å². The van der Waals surface area contributed by atoms with Crippen LogP contribution in [0.2, 0.25) is 0 Å². The number of benzene rings is 1. The second-order valence-corrected chi connectivity index (χ2v) is 5.54. The number of aryl methyl sites for hydroxylation is 1. The minimum Gasteiger partial charge on any atom is -0.465 e. The van der Waals surface area contributed by atoms with Crippen LogP contribution in [0.25, 0.3) is 0 Å². The molecule has 0 bridgehead atoms. The summed E-state index contributed by atoms with van der Waals surface area (Å²) in [6.45, 7) is 3.89. The minimum atomic E-state index is -0.355. The van der Waals surface area contributed by atoms with Gasteiger partial charge in [-0.1, -0.05) is 31.2 Å². The van der Waals surface area contributed by atoms with Crippen molar-refractivity contribution in [2.45, 2.75) is 39.2 Å². The molecule has 1 aliphatic carbocycles. The molecule has 0 saturated heterocycles. The molecule has 1 N–H and O–H groups in total. The number of esters is 1. The minimum absolute atomic E-state index is 0.0491. The molecule has 2 rings (SSSR count). The fraction of sp³-hybridized carbons (Fsp3) is 0.368. The van der Waals surface area contributed by atoms with Gasteiger partial charge < -0.3 is 10.1 Å². The van der Waals surface area contributed by atoms with E-state index in [9.17, 15) is 9.59 Å². The zero-order valence-corrected chi connectivity index (χ0v) is 13.9. The van der Waals surface area contributed by atoms with Gasteiger partial charge in [0.1, 0.15) is 0 Å². The number of methoxy groups -OCH3 is 1. The van der Waals surface area contributed by atoms with Crippen molar-refractivity contribution >= 4 is 11.9 Å². The number of carbonyl (C=O) groups is 2. The van der Waals surface area contributed by atoms with Crippen molar-refractivity contribution in [1.82, 2.24) is 5.32 Å². The molecule has 122 valence electrons. The highest BCUT2D eigenvalue weighted by atomic mass is 16.5. The Bertz CT molecular complexity index is 659. The van der Waals surface area contributed by atoms with Gasteiger partial charge in [0, 0.05) is 5.57 Å². The third-order valence-corrected chi connectivity index (χ3v) is 4.11. The second-order valence-electron chi connectivity index (χ2n) is 5.54. The topological polar surface area (TPSA) is 55.4 Å². The number of allylic oxidation sites excluding steroid dienone is 3. The monoisotopic (exact) mass is 313 g/mol. The first-order valence-electron chi connectivity index (χ1n) is 7.94. The highest BCUT2D eigenvalue weighted by Crippen LogP contribution is 2.32. The van der Waals surface area contributed by atoms with Gasteiger partial charge in [0.25, 0.3) is 0 Å². The van der Waals surface area contributed by atoms with Crippen LogP contribution in [0.15, 0.2) is 42.0 Å². The molecule has 1 aliphatic rings. The molecular formula is C19H23NO3. The van der Waals surface area contributed by atoms with E-state index in [1.165, 1.54) is 12.7 Å². The molecule has 0 aliphatic heterocycles. The van der Waals surface area contributed by atoms with Crippen LogP contribution in [-0.4, -0.2) is 19.0 Å². The van der Waals surface area contributed by atoms with Gasteiger partial charge in [-0.25, -0.2) is 4.79 Å². The Balaban J connectivity index is 2.19. The third kappa shape index (κ3) is 3.89. The Labute approximate surface area is 137 Å². The van der Waals surface area contributed by atoms with Crippen LogP contribution in [-0.2, 0) is 16.0 Å². The Morgan fingerprint density at radius 3 is 2.83 bits per heavy atom. The van der Waals surface area contributed by atoms with Crippen LogP contribution in [0.1, 0.15) is 54.2 Å². The molecule has 4 nitrogen and oxygen atoms in total. The van der Waals surface area contributed by atoms with E-state index >= 15 is 0 Å². The maximum atomic E-state index is 12.4. The molecule has 0 aromatic heterocycles. The molecule has 1 atom stereocenters. The number of amides is 1. The van der Waals surface area contributed by atoms with Crippen LogP contribution in [0.4, 0.5) is 0 Å². The maximum absolute atomic E-state index is 12.4. The highest BCUT2D eigenvalue weighted by Gasteiger charge is 2.25. The Morgan fingerprint density at radius 2 is 2.17 bits per heavy atom. The first-order chi connectivity index (χ1) is 11.1. The van der Waals surface area contributed by atoms with E-state index < -0.39 is 0 Å². The third-order valence-electron chi connectivity index (χ3n) is 4.11. The molecule has 0 saturated carbocycles. The largest absolute Gasteiger partial charge is 0.465 e. The van der Waals surface area contributed by atoms with Crippen molar-refractivity contribution in [3.8, 4) is 0 Å². The van der Waals surface area contributed by atoms with Gasteiger partial charge >= 0.3 is 5.97 Å². The zero-order chi connectivity index (χ0) is 16.8. The van der Waals surface area contributed by atoms with Crippen molar-refractivity contribution in [3.05, 3.63) is 58.7 Å². The number of ether oxygens (including phenoxy) is 1. The smallest absolute Gasteiger partial charge is 0.337 e. The van der Waals surface area contributed by atoms with E-state index in [-0.39, 0.29) is 17.9 Å². The lowest BCUT2D eigenvalue weighted by molar-refractivity contribution is -0.118. The fourth-order valence-corrected chi connectivity index (χ4v) is 2.81. The summed E-state index contributed by atoms with van der Waals surface area (Å²) < 4.78 is 4.77. The van der Waals surface area contributed by atoms with E-state index in [0.717, 1.165) is 24.0 Å². The summed E-state index contributed by atoms with van der Waals surface area (Å²) in [5, 5.41) is 3.09. The van der Waals surface area contributed by atoms with E-state index in [1.807, 2.05) is 44.2 Å². The molecule has 0 heterocycles. The normalized spacial score (nSPS) is 17.2. The van der Waals surface area contributed by atoms with E-state index in [0.29, 0.717) is 12.0 Å². The van der Waals surface area contributed by atoms with Crippen LogP contribution >= 0.6 is 0 Å². The summed E-state index contributed by atoms with van der Waals surface area (Å²) in [6, 6.07) is 5.51. The maximum Gasteiger partial charge on any atom is 0.337 e. The van der Waals surface area contributed by atoms with Crippen molar-refractivity contribution in [1.29, 1.82) is 0 Å². The summed E-state index contributed by atoms with van der Waals surface area (Å²) in [5.74, 6) is -0.404. The summed E-state index contributed by atoms with van der Waals surface area (Å²) in [7, 11) is 1.37. The Kier molecular flexibility index (Phi) is 5.74. The quantitative estimate of drug-likeness (QED) is 0.514. The molecule has 1 amide bonds. The average Bonchev–Trinajstić information content (AvgIpc) is 2.97. The number of hydrogen-bond acceptors (Lipinski definition) is 3. The number of nitrogens with one attached hydrogen (secondary N) is 1. The second kappa shape index (κ2) is 7.77. The lowest BCUT2D eigenvalue weighted by Crippen LogP contribution is -2.28. The lowest BCUT2D eigenvalue weighted by atomic mass is 10.0. The molecule has 0 radical (unpaired) electrons. The van der Waals surface area contributed by atoms with Gasteiger partial charge in [0.05, 0.1) is 18.7 Å². The predicted molar refractivity (Wildman–Crippen MR) is 90.2 cm³/mol. The Hall–Kier alpha value is -2.36. The Morgan fingerprint density at radius 1 is 1.39 bits per heavy atom. The number of rotatable bonds is 5. The number of fused-ring (bicyclic) bond motifs is 1. The zero-order valence-electron chi connectivity index (χ0n) is 13.9. The predicted octanol–water partition coefficient (Wildman–Crippen LogP) is 3.49. The van der Waals surface area contributed by atoms with Gasteiger partial charge in [-0.05, 0) is 49.4 Å². The van der Waals surface area contributed by atoms with Gasteiger partial charge in [-0.3, -0.25) is 4.79 Å². The molecule has 0 fully saturated rings. The van der Waals surface area contributed by atoms with Crippen LogP contribution in [0.5, 0.6) is 0 Å². The molecule has 1 unspecified atom stereocenters. The van der Waals surface area contributed by atoms with Crippen LogP contribution < -0.4 is 5.32 Å². The molecule has 1 aromatic carbocycles. The van der Waals surface area contributed by atoms with Gasteiger partial charge in [-0.15, -0.1) is 0 Å². The molecule has 0 spiro atoms. The first kappa shape index (κ1) is 17.0. The standard InChI is InChI=1S/C19H23NO3/c1-4-6-7-13(5-2)18(21)20-17-11-10-14-8-9-15(12-16(14)17)19(22)23-3/h4,6-9,12,17H,5,10-11H2,1-3H3,(H,20,21). The van der Waals surface area contributed by atoms with Crippen molar-refractivity contribution in [2.24, 2.45) is 0 Å². The van der Waals surface area contributed by atoms with E-state index in [2.05, 4.69) is 5.32 Å². The van der Waals surface area contributed by atoms with Gasteiger partial charge in [-0.2, -0.15) is 0 Å². The van der Waals surface area contributed by atoms with Crippen molar-refractivity contribution in [3.63, 3.8) is 0 Å². The van der Waals surface area contributed by atoms with Gasteiger partial charge in [0.2, 0.25) is 5.91 Å². The average molecular weight is 313 g/mol. The number of hydrogen-bond donors (Lipinski definition) is 1. The first-order valence-corrected chi connectivity index (χ1v) is 7.94. The molecule has 1 aromatic rings. The SMILES string of the molecule is CC=CC=C(CC)C(=O)NC1CCc2ccc(C(=O)OC)cc21. The molecular weight excluding hydrogens is 290 g/mol. The highest BCUT2D eigenvalue weighted by molar-refractivity contribution is 5.94. The van der Waals surface area contributed by atoms with E-state index in [1.54, 1.807) is 6.07 Å². The summed E-state index contributed by atoms with van der Waals surface area (Å²) in [4.78, 5) is 24.1. The molecule has 23 heavy (non-hydrogen) atoms. The van der Waals surface area contributed by atoms with Crippen LogP contribution in [0.3, 0.4) is 0 Å². The van der Waals surface area contributed by atoms with Gasteiger partial charge in [0.15, 0.2) is 0 Å². The summed E-state index contributed by atoms with van der Waals surface area (Å²) in [5.41, 5.74) is 3.47. The lowest BCUT2D eigenvalue weighted by Gasteiger charge is -2.16. The summed E-state index contributed by atoms with van der Waals surface area (Å²) >= 11 is 0.